The smallest absolute Gasteiger partial charge is 0.270 e. The molecule has 0 aliphatic rings. The third-order valence-corrected chi connectivity index (χ3v) is 4.13. The lowest BCUT2D eigenvalue weighted by Gasteiger charge is -2.14. The summed E-state index contributed by atoms with van der Waals surface area (Å²) < 4.78 is 5.33. The van der Waals surface area contributed by atoms with Crippen molar-refractivity contribution in [1.29, 1.82) is 5.41 Å². The number of carbonyl (C=O) groups excluding carboxylic acids is 1. The third-order valence-electron chi connectivity index (χ3n) is 4.13. The molecule has 0 aliphatic carbocycles. The Labute approximate surface area is 148 Å². The Morgan fingerprint density at radius 2 is 1.88 bits per heavy atom. The molecule has 132 valence electrons. The van der Waals surface area contributed by atoms with E-state index in [1.54, 1.807) is 0 Å². The lowest BCUT2D eigenvalue weighted by Crippen LogP contribution is -2.30. The van der Waals surface area contributed by atoms with Gasteiger partial charge in [0.15, 0.2) is 0 Å². The van der Waals surface area contributed by atoms with E-state index >= 15 is 0 Å². The Hall–Kier alpha value is -3.48. The van der Waals surface area contributed by atoms with Crippen LogP contribution in [0.4, 0.5) is 5.69 Å². The van der Waals surface area contributed by atoms with E-state index in [2.05, 4.69) is 5.32 Å². The second-order valence-corrected chi connectivity index (χ2v) is 6.07. The van der Waals surface area contributed by atoms with E-state index in [-0.39, 0.29) is 22.8 Å². The molecular weight excluding hydrogens is 334 g/mol. The summed E-state index contributed by atoms with van der Waals surface area (Å²) in [6.45, 7) is 3.82. The number of amides is 1. The minimum atomic E-state index is -0.521. The molecule has 1 aromatic heterocycles. The second kappa shape index (κ2) is 6.79. The molecular formula is C19H17N3O4. The van der Waals surface area contributed by atoms with Gasteiger partial charge in [-0.15, -0.1) is 0 Å². The Bertz CT molecular complexity index is 1050. The molecule has 1 atom stereocenters. The average molecular weight is 351 g/mol. The van der Waals surface area contributed by atoms with Crippen LogP contribution < -0.4 is 10.9 Å². The molecule has 0 aliphatic heterocycles. The number of fused-ring (bicyclic) bond motifs is 1. The highest BCUT2D eigenvalue weighted by molar-refractivity contribution is 5.97. The van der Waals surface area contributed by atoms with Gasteiger partial charge in [0.1, 0.15) is 11.1 Å². The number of hydrogen-bond acceptors (Lipinski definition) is 5. The zero-order chi connectivity index (χ0) is 18.8. The molecule has 1 heterocycles. The van der Waals surface area contributed by atoms with Gasteiger partial charge in [-0.05, 0) is 31.5 Å². The van der Waals surface area contributed by atoms with Gasteiger partial charge in [0.25, 0.3) is 11.6 Å². The van der Waals surface area contributed by atoms with Crippen molar-refractivity contribution in [2.24, 2.45) is 0 Å². The minimum absolute atomic E-state index is 0.0250. The molecule has 0 saturated carbocycles. The van der Waals surface area contributed by atoms with Crippen LogP contribution in [0.15, 0.2) is 52.9 Å². The molecule has 1 unspecified atom stereocenters. The summed E-state index contributed by atoms with van der Waals surface area (Å²) in [5, 5.41) is 22.1. The molecule has 3 rings (SSSR count). The van der Waals surface area contributed by atoms with Crippen molar-refractivity contribution in [3.8, 4) is 0 Å². The van der Waals surface area contributed by atoms with E-state index in [0.29, 0.717) is 11.0 Å². The SMILES string of the molecule is Cc1ccc(C(C)NC(=O)c2cc3cc([N+](=O)[O-])ccc3oc2=N)cc1. The van der Waals surface area contributed by atoms with Crippen molar-refractivity contribution in [2.45, 2.75) is 19.9 Å². The first-order valence-electron chi connectivity index (χ1n) is 7.99. The van der Waals surface area contributed by atoms with Gasteiger partial charge in [-0.1, -0.05) is 29.8 Å². The summed E-state index contributed by atoms with van der Waals surface area (Å²) in [5.41, 5.74) is 1.99. The Balaban J connectivity index is 1.91. The highest BCUT2D eigenvalue weighted by atomic mass is 16.6. The molecule has 3 aromatic rings. The fourth-order valence-corrected chi connectivity index (χ4v) is 2.62. The second-order valence-electron chi connectivity index (χ2n) is 6.07. The first-order chi connectivity index (χ1) is 12.3. The van der Waals surface area contributed by atoms with Crippen LogP contribution >= 0.6 is 0 Å². The van der Waals surface area contributed by atoms with E-state index in [1.807, 2.05) is 38.1 Å². The van der Waals surface area contributed by atoms with Gasteiger partial charge in [0.05, 0.1) is 11.0 Å². The summed E-state index contributed by atoms with van der Waals surface area (Å²) in [6, 6.07) is 13.0. The molecule has 7 heteroatoms. The van der Waals surface area contributed by atoms with Crippen molar-refractivity contribution < 1.29 is 14.1 Å². The fraction of sp³-hybridized carbons (Fsp3) is 0.158. The number of rotatable bonds is 4. The van der Waals surface area contributed by atoms with Gasteiger partial charge < -0.3 is 9.73 Å². The number of nitrogens with one attached hydrogen (secondary N) is 2. The molecule has 0 spiro atoms. The minimum Gasteiger partial charge on any atom is -0.438 e. The molecule has 0 radical (unpaired) electrons. The van der Waals surface area contributed by atoms with Crippen molar-refractivity contribution in [3.05, 3.63) is 80.9 Å². The van der Waals surface area contributed by atoms with Crippen LogP contribution in [0.1, 0.15) is 34.5 Å². The van der Waals surface area contributed by atoms with Gasteiger partial charge in [-0.25, -0.2) is 0 Å². The molecule has 0 fully saturated rings. The predicted molar refractivity (Wildman–Crippen MR) is 95.8 cm³/mol. The zero-order valence-electron chi connectivity index (χ0n) is 14.3. The fourth-order valence-electron chi connectivity index (χ4n) is 2.62. The van der Waals surface area contributed by atoms with Crippen molar-refractivity contribution >= 4 is 22.6 Å². The zero-order valence-corrected chi connectivity index (χ0v) is 14.3. The first kappa shape index (κ1) is 17.3. The molecule has 0 bridgehead atoms. The van der Waals surface area contributed by atoms with E-state index < -0.39 is 10.8 Å². The number of aryl methyl sites for hydroxylation is 1. The number of nitro groups is 1. The van der Waals surface area contributed by atoms with E-state index in [4.69, 9.17) is 9.83 Å². The molecule has 1 amide bonds. The lowest BCUT2D eigenvalue weighted by atomic mass is 10.1. The number of carbonyl (C=O) groups is 1. The third kappa shape index (κ3) is 3.46. The Morgan fingerprint density at radius 3 is 2.54 bits per heavy atom. The van der Waals surface area contributed by atoms with Crippen LogP contribution in [-0.2, 0) is 0 Å². The van der Waals surface area contributed by atoms with Crippen LogP contribution in [0.2, 0.25) is 0 Å². The van der Waals surface area contributed by atoms with Crippen LogP contribution in [0.25, 0.3) is 11.0 Å². The van der Waals surface area contributed by atoms with Crippen LogP contribution in [0, 0.1) is 22.4 Å². The average Bonchev–Trinajstić information content (AvgIpc) is 2.61. The number of benzene rings is 2. The number of hydrogen-bond donors (Lipinski definition) is 2. The quantitative estimate of drug-likeness (QED) is 0.552. The topological polar surface area (TPSA) is 109 Å². The maximum atomic E-state index is 12.6. The summed E-state index contributed by atoms with van der Waals surface area (Å²) in [4.78, 5) is 22.9. The number of nitro benzene ring substituents is 1. The van der Waals surface area contributed by atoms with Crippen molar-refractivity contribution in [2.75, 3.05) is 0 Å². The summed E-state index contributed by atoms with van der Waals surface area (Å²) in [7, 11) is 0. The number of non-ortho nitro benzene ring substituents is 1. The van der Waals surface area contributed by atoms with E-state index in [9.17, 15) is 14.9 Å². The maximum absolute atomic E-state index is 12.6. The van der Waals surface area contributed by atoms with Gasteiger partial charge in [-0.3, -0.25) is 20.3 Å². The largest absolute Gasteiger partial charge is 0.438 e. The van der Waals surface area contributed by atoms with Crippen LogP contribution in [-0.4, -0.2) is 10.8 Å². The first-order valence-corrected chi connectivity index (χ1v) is 7.99. The molecule has 0 saturated heterocycles. The molecule has 2 aromatic carbocycles. The Morgan fingerprint density at radius 1 is 1.19 bits per heavy atom. The maximum Gasteiger partial charge on any atom is 0.270 e. The van der Waals surface area contributed by atoms with Crippen molar-refractivity contribution in [3.63, 3.8) is 0 Å². The highest BCUT2D eigenvalue weighted by Crippen LogP contribution is 2.21. The van der Waals surface area contributed by atoms with Crippen LogP contribution in [0.5, 0.6) is 0 Å². The summed E-state index contributed by atoms with van der Waals surface area (Å²) in [6.07, 6.45) is 0. The lowest BCUT2D eigenvalue weighted by molar-refractivity contribution is -0.384. The number of nitrogens with zero attached hydrogens (tertiary/aromatic N) is 1. The predicted octanol–water partition coefficient (Wildman–Crippen LogP) is 3.62. The van der Waals surface area contributed by atoms with Gasteiger partial charge in [0.2, 0.25) is 5.55 Å². The van der Waals surface area contributed by atoms with Crippen molar-refractivity contribution in [1.82, 2.24) is 5.32 Å². The monoisotopic (exact) mass is 351 g/mol. The molecule has 7 nitrogen and oxygen atoms in total. The standard InChI is InChI=1S/C19H17N3O4/c1-11-3-5-13(6-4-11)12(2)21-19(23)16-10-14-9-15(22(24)25)7-8-17(14)26-18(16)20/h3-10,12,20H,1-2H3,(H,21,23). The normalized spacial score (nSPS) is 11.9. The molecule has 2 N–H and O–H groups in total. The van der Waals surface area contributed by atoms with Gasteiger partial charge in [-0.2, -0.15) is 0 Å². The van der Waals surface area contributed by atoms with Gasteiger partial charge >= 0.3 is 0 Å². The summed E-state index contributed by atoms with van der Waals surface area (Å²) >= 11 is 0. The van der Waals surface area contributed by atoms with E-state index in [0.717, 1.165) is 11.1 Å². The summed E-state index contributed by atoms with van der Waals surface area (Å²) in [5.74, 6) is -0.472. The molecule has 26 heavy (non-hydrogen) atoms. The Kier molecular flexibility index (Phi) is 4.53. The van der Waals surface area contributed by atoms with Crippen LogP contribution in [0.3, 0.4) is 0 Å². The van der Waals surface area contributed by atoms with Gasteiger partial charge in [0, 0.05) is 17.5 Å². The highest BCUT2D eigenvalue weighted by Gasteiger charge is 2.16. The van der Waals surface area contributed by atoms with E-state index in [1.165, 1.54) is 24.3 Å².